The molecule has 0 fully saturated rings. The molecule has 0 spiro atoms. The molecule has 0 saturated carbocycles. The summed E-state index contributed by atoms with van der Waals surface area (Å²) in [4.78, 5) is 0. The van der Waals surface area contributed by atoms with E-state index in [9.17, 15) is 0 Å². The fourth-order valence-corrected chi connectivity index (χ4v) is 1.47. The van der Waals surface area contributed by atoms with E-state index >= 15 is 0 Å². The maximum atomic E-state index is 4.41. The summed E-state index contributed by atoms with van der Waals surface area (Å²) in [5.41, 5.74) is 2.32. The Morgan fingerprint density at radius 3 is 2.67 bits per heavy atom. The summed E-state index contributed by atoms with van der Waals surface area (Å²) in [5, 5.41) is 7.55. The molecule has 1 aromatic rings. The molecule has 3 nitrogen and oxygen atoms in total. The van der Waals surface area contributed by atoms with E-state index in [1.807, 2.05) is 14.0 Å². The van der Waals surface area contributed by atoms with E-state index < -0.39 is 0 Å². The first-order chi connectivity index (χ1) is 5.65. The van der Waals surface area contributed by atoms with Crippen LogP contribution in [0.4, 0.5) is 0 Å². The summed E-state index contributed by atoms with van der Waals surface area (Å²) in [7, 11) is 1.96. The molecule has 0 aliphatic carbocycles. The molecule has 0 saturated heterocycles. The summed E-state index contributed by atoms with van der Waals surface area (Å²) in [6.45, 7) is 7.24. The van der Waals surface area contributed by atoms with Crippen LogP contribution in [-0.4, -0.2) is 23.4 Å². The Morgan fingerprint density at radius 2 is 2.25 bits per heavy atom. The van der Waals surface area contributed by atoms with Gasteiger partial charge in [-0.1, -0.05) is 0 Å². The number of hydrogen-bond donors (Lipinski definition) is 1. The van der Waals surface area contributed by atoms with Crippen molar-refractivity contribution in [3.63, 3.8) is 0 Å². The molecular weight excluding hydrogens is 150 g/mol. The Hall–Kier alpha value is -0.830. The number of hydrogen-bond acceptors (Lipinski definition) is 2. The molecule has 0 aliphatic heterocycles. The van der Waals surface area contributed by atoms with Gasteiger partial charge in [-0.25, -0.2) is 0 Å². The lowest BCUT2D eigenvalue weighted by Crippen LogP contribution is -2.21. The fraction of sp³-hybridized carbons (Fsp3) is 0.667. The van der Waals surface area contributed by atoms with Crippen molar-refractivity contribution >= 4 is 0 Å². The van der Waals surface area contributed by atoms with Crippen LogP contribution in [0, 0.1) is 13.8 Å². The molecule has 1 unspecified atom stereocenters. The maximum absolute atomic E-state index is 4.41. The van der Waals surface area contributed by atoms with Crippen LogP contribution in [0.2, 0.25) is 0 Å². The monoisotopic (exact) mass is 167 g/mol. The third-order valence-corrected chi connectivity index (χ3v) is 1.96. The normalized spacial score (nSPS) is 13.3. The summed E-state index contributed by atoms with van der Waals surface area (Å²) in [5.74, 6) is 0. The Balaban J connectivity index is 2.79. The van der Waals surface area contributed by atoms with E-state index in [1.165, 1.54) is 5.69 Å². The van der Waals surface area contributed by atoms with E-state index in [-0.39, 0.29) is 0 Å². The molecule has 1 N–H and O–H groups in total. The Bertz CT molecular complexity index is 252. The van der Waals surface area contributed by atoms with Crippen LogP contribution in [0.3, 0.4) is 0 Å². The van der Waals surface area contributed by atoms with E-state index in [0.717, 1.165) is 12.2 Å². The van der Waals surface area contributed by atoms with E-state index in [2.05, 4.69) is 35.0 Å². The number of nitrogens with one attached hydrogen (secondary N) is 1. The molecule has 3 heteroatoms. The zero-order chi connectivity index (χ0) is 9.14. The Morgan fingerprint density at radius 1 is 1.58 bits per heavy atom. The van der Waals surface area contributed by atoms with Crippen molar-refractivity contribution in [3.05, 3.63) is 17.5 Å². The van der Waals surface area contributed by atoms with Crippen LogP contribution in [0.1, 0.15) is 24.4 Å². The number of rotatable bonds is 3. The quantitative estimate of drug-likeness (QED) is 0.735. The van der Waals surface area contributed by atoms with Gasteiger partial charge in [-0.15, -0.1) is 0 Å². The van der Waals surface area contributed by atoms with Crippen LogP contribution in [0.25, 0.3) is 0 Å². The fourth-order valence-electron chi connectivity index (χ4n) is 1.47. The molecule has 0 bridgehead atoms. The molecule has 1 aromatic heterocycles. The van der Waals surface area contributed by atoms with Gasteiger partial charge in [0.25, 0.3) is 0 Å². The first kappa shape index (κ1) is 9.26. The summed E-state index contributed by atoms with van der Waals surface area (Å²) in [6, 6.07) is 2.54. The van der Waals surface area contributed by atoms with Crippen molar-refractivity contribution in [1.29, 1.82) is 0 Å². The van der Waals surface area contributed by atoms with Gasteiger partial charge in [0.2, 0.25) is 0 Å². The Kier molecular flexibility index (Phi) is 2.87. The largest absolute Gasteiger partial charge is 0.318 e. The minimum Gasteiger partial charge on any atom is -0.318 e. The van der Waals surface area contributed by atoms with Crippen molar-refractivity contribution in [2.24, 2.45) is 0 Å². The number of likely N-dealkylation sites (N-methyl/N-ethyl adjacent to an activating group) is 1. The highest BCUT2D eigenvalue weighted by molar-refractivity contribution is 5.07. The van der Waals surface area contributed by atoms with Crippen LogP contribution >= 0.6 is 0 Å². The number of aromatic nitrogens is 2. The minimum absolute atomic E-state index is 0.434. The lowest BCUT2D eigenvalue weighted by molar-refractivity contribution is 0.459. The summed E-state index contributed by atoms with van der Waals surface area (Å²) in [6.07, 6.45) is 0. The first-order valence-electron chi connectivity index (χ1n) is 4.32. The average Bonchev–Trinajstić information content (AvgIpc) is 2.30. The van der Waals surface area contributed by atoms with Gasteiger partial charge in [0, 0.05) is 12.2 Å². The standard InChI is InChI=1S/C9H17N3/c1-7-5-8(2)12(11-7)9(3)6-10-4/h5,9-10H,6H2,1-4H3. The van der Waals surface area contributed by atoms with Gasteiger partial charge in [-0.05, 0) is 33.9 Å². The molecule has 68 valence electrons. The second kappa shape index (κ2) is 3.72. The lowest BCUT2D eigenvalue weighted by atomic mass is 10.3. The third-order valence-electron chi connectivity index (χ3n) is 1.96. The van der Waals surface area contributed by atoms with Crippen molar-refractivity contribution in [3.8, 4) is 0 Å². The van der Waals surface area contributed by atoms with Crippen LogP contribution in [0.5, 0.6) is 0 Å². The molecule has 12 heavy (non-hydrogen) atoms. The Labute approximate surface area is 73.8 Å². The molecule has 1 atom stereocenters. The van der Waals surface area contributed by atoms with Crippen LogP contribution in [-0.2, 0) is 0 Å². The SMILES string of the molecule is CNCC(C)n1nc(C)cc1C. The minimum atomic E-state index is 0.434. The second-order valence-corrected chi connectivity index (χ2v) is 3.28. The van der Waals surface area contributed by atoms with E-state index in [0.29, 0.717) is 6.04 Å². The second-order valence-electron chi connectivity index (χ2n) is 3.28. The summed E-state index contributed by atoms with van der Waals surface area (Å²) >= 11 is 0. The third kappa shape index (κ3) is 1.85. The average molecular weight is 167 g/mol. The highest BCUT2D eigenvalue weighted by atomic mass is 15.3. The van der Waals surface area contributed by atoms with Crippen molar-refractivity contribution in [2.75, 3.05) is 13.6 Å². The zero-order valence-corrected chi connectivity index (χ0v) is 8.26. The van der Waals surface area contributed by atoms with Gasteiger partial charge in [0.15, 0.2) is 0 Å². The van der Waals surface area contributed by atoms with Gasteiger partial charge in [-0.2, -0.15) is 5.10 Å². The zero-order valence-electron chi connectivity index (χ0n) is 8.26. The summed E-state index contributed by atoms with van der Waals surface area (Å²) < 4.78 is 2.06. The van der Waals surface area contributed by atoms with Crippen molar-refractivity contribution in [2.45, 2.75) is 26.8 Å². The molecule has 0 amide bonds. The number of nitrogens with zero attached hydrogens (tertiary/aromatic N) is 2. The molecule has 0 radical (unpaired) electrons. The van der Waals surface area contributed by atoms with Gasteiger partial charge in [-0.3, -0.25) is 4.68 Å². The number of aryl methyl sites for hydroxylation is 2. The van der Waals surface area contributed by atoms with Gasteiger partial charge >= 0.3 is 0 Å². The molecule has 0 aromatic carbocycles. The first-order valence-corrected chi connectivity index (χ1v) is 4.32. The molecule has 0 aliphatic rings. The predicted molar refractivity (Wildman–Crippen MR) is 50.3 cm³/mol. The smallest absolute Gasteiger partial charge is 0.0618 e. The van der Waals surface area contributed by atoms with Crippen LogP contribution in [0.15, 0.2) is 6.07 Å². The van der Waals surface area contributed by atoms with Gasteiger partial charge < -0.3 is 5.32 Å². The molecular formula is C9H17N3. The molecule has 1 heterocycles. The van der Waals surface area contributed by atoms with E-state index in [1.54, 1.807) is 0 Å². The van der Waals surface area contributed by atoms with Crippen molar-refractivity contribution < 1.29 is 0 Å². The highest BCUT2D eigenvalue weighted by Gasteiger charge is 2.07. The predicted octanol–water partition coefficient (Wildman–Crippen LogP) is 1.28. The topological polar surface area (TPSA) is 29.9 Å². The van der Waals surface area contributed by atoms with Gasteiger partial charge in [0.1, 0.15) is 0 Å². The van der Waals surface area contributed by atoms with Crippen LogP contribution < -0.4 is 5.32 Å². The van der Waals surface area contributed by atoms with E-state index in [4.69, 9.17) is 0 Å². The maximum Gasteiger partial charge on any atom is 0.0618 e. The van der Waals surface area contributed by atoms with Crippen molar-refractivity contribution in [1.82, 2.24) is 15.1 Å². The molecule has 1 rings (SSSR count). The highest BCUT2D eigenvalue weighted by Crippen LogP contribution is 2.08. The van der Waals surface area contributed by atoms with Gasteiger partial charge in [0.05, 0.1) is 11.7 Å². The lowest BCUT2D eigenvalue weighted by Gasteiger charge is -2.13.